The standard InChI is InChI=1S/C25H32N6O2/c32-25(27-8-9-28-14-16-33-17-15-28)22-3-4-23-5-6-24(31(23)20-22)30-12-10-29(11-13-30)19-21-2-1-7-26-18-21/h1-7,18,20H,8-17,19H2,(H,27,32). The van der Waals surface area contributed by atoms with E-state index in [1.54, 1.807) is 0 Å². The third-order valence-corrected chi connectivity index (χ3v) is 6.53. The summed E-state index contributed by atoms with van der Waals surface area (Å²) >= 11 is 0. The molecule has 33 heavy (non-hydrogen) atoms. The van der Waals surface area contributed by atoms with Crippen LogP contribution in [-0.2, 0) is 11.3 Å². The van der Waals surface area contributed by atoms with Gasteiger partial charge in [-0.05, 0) is 35.9 Å². The third-order valence-electron chi connectivity index (χ3n) is 6.53. The number of piperazine rings is 1. The van der Waals surface area contributed by atoms with Gasteiger partial charge in [0.1, 0.15) is 5.82 Å². The Morgan fingerprint density at radius 2 is 1.79 bits per heavy atom. The van der Waals surface area contributed by atoms with Crippen LogP contribution < -0.4 is 10.2 Å². The molecule has 2 fully saturated rings. The summed E-state index contributed by atoms with van der Waals surface area (Å²) in [6, 6.07) is 12.3. The lowest BCUT2D eigenvalue weighted by atomic mass is 10.2. The van der Waals surface area contributed by atoms with E-state index >= 15 is 0 Å². The van der Waals surface area contributed by atoms with E-state index in [-0.39, 0.29) is 5.91 Å². The second-order valence-electron chi connectivity index (χ2n) is 8.74. The Hall–Kier alpha value is -2.94. The number of amides is 1. The number of pyridine rings is 2. The molecule has 0 atom stereocenters. The summed E-state index contributed by atoms with van der Waals surface area (Å²) in [6.07, 6.45) is 5.73. The molecule has 0 bridgehead atoms. The average molecular weight is 449 g/mol. The highest BCUT2D eigenvalue weighted by Gasteiger charge is 2.20. The maximum atomic E-state index is 12.8. The van der Waals surface area contributed by atoms with Gasteiger partial charge >= 0.3 is 0 Å². The normalized spacial score (nSPS) is 18.0. The molecular formula is C25H32N6O2. The van der Waals surface area contributed by atoms with Gasteiger partial charge in [0.05, 0.1) is 18.8 Å². The number of fused-ring (bicyclic) bond motifs is 1. The molecule has 5 heterocycles. The number of hydrogen-bond donors (Lipinski definition) is 1. The maximum Gasteiger partial charge on any atom is 0.252 e. The molecule has 3 aromatic rings. The quantitative estimate of drug-likeness (QED) is 0.594. The number of carbonyl (C=O) groups is 1. The van der Waals surface area contributed by atoms with Crippen LogP contribution in [0.15, 0.2) is 55.0 Å². The fourth-order valence-electron chi connectivity index (χ4n) is 4.62. The second-order valence-corrected chi connectivity index (χ2v) is 8.74. The molecule has 3 aromatic heterocycles. The van der Waals surface area contributed by atoms with Gasteiger partial charge in [0.15, 0.2) is 0 Å². The molecule has 0 saturated carbocycles. The number of morpholine rings is 1. The van der Waals surface area contributed by atoms with E-state index in [9.17, 15) is 4.79 Å². The number of carbonyl (C=O) groups excluding carboxylic acids is 1. The van der Waals surface area contributed by atoms with Gasteiger partial charge in [-0.25, -0.2) is 0 Å². The van der Waals surface area contributed by atoms with Crippen molar-refractivity contribution in [2.75, 3.05) is 70.5 Å². The Morgan fingerprint density at radius 1 is 0.970 bits per heavy atom. The predicted molar refractivity (Wildman–Crippen MR) is 129 cm³/mol. The number of hydrogen-bond acceptors (Lipinski definition) is 6. The van der Waals surface area contributed by atoms with Gasteiger partial charge < -0.3 is 19.4 Å². The Kier molecular flexibility index (Phi) is 6.85. The van der Waals surface area contributed by atoms with Crippen LogP contribution in [0.5, 0.6) is 0 Å². The van der Waals surface area contributed by atoms with Crippen LogP contribution in [0.4, 0.5) is 5.82 Å². The zero-order valence-corrected chi connectivity index (χ0v) is 19.0. The van der Waals surface area contributed by atoms with E-state index in [0.29, 0.717) is 12.1 Å². The van der Waals surface area contributed by atoms with Crippen molar-refractivity contribution in [1.29, 1.82) is 0 Å². The van der Waals surface area contributed by atoms with Crippen molar-refractivity contribution in [3.63, 3.8) is 0 Å². The van der Waals surface area contributed by atoms with E-state index in [4.69, 9.17) is 4.74 Å². The highest BCUT2D eigenvalue weighted by Crippen LogP contribution is 2.22. The summed E-state index contributed by atoms with van der Waals surface area (Å²) in [7, 11) is 0. The number of anilines is 1. The first-order valence-corrected chi connectivity index (χ1v) is 11.8. The fraction of sp³-hybridized carbons (Fsp3) is 0.440. The summed E-state index contributed by atoms with van der Waals surface area (Å²) in [5.74, 6) is 1.13. The van der Waals surface area contributed by atoms with E-state index < -0.39 is 0 Å². The highest BCUT2D eigenvalue weighted by molar-refractivity contribution is 5.94. The van der Waals surface area contributed by atoms with Gasteiger partial charge in [-0.3, -0.25) is 19.6 Å². The summed E-state index contributed by atoms with van der Waals surface area (Å²) in [5, 5.41) is 3.07. The van der Waals surface area contributed by atoms with Crippen LogP contribution in [0.3, 0.4) is 0 Å². The minimum Gasteiger partial charge on any atom is -0.379 e. The SMILES string of the molecule is O=C(NCCN1CCOCC1)c1ccc2ccc(N3CCN(Cc4cccnc4)CC3)n2c1. The number of ether oxygens (including phenoxy) is 1. The Bertz CT molecular complexity index is 1060. The van der Waals surface area contributed by atoms with E-state index in [1.807, 2.05) is 36.8 Å². The van der Waals surface area contributed by atoms with Crippen molar-refractivity contribution in [2.45, 2.75) is 6.54 Å². The molecule has 2 saturated heterocycles. The van der Waals surface area contributed by atoms with E-state index in [0.717, 1.165) is 76.9 Å². The number of aromatic nitrogens is 2. The van der Waals surface area contributed by atoms with Crippen molar-refractivity contribution in [1.82, 2.24) is 24.5 Å². The lowest BCUT2D eigenvalue weighted by Crippen LogP contribution is -2.46. The second kappa shape index (κ2) is 10.3. The monoisotopic (exact) mass is 448 g/mol. The van der Waals surface area contributed by atoms with Crippen molar-refractivity contribution < 1.29 is 9.53 Å². The summed E-state index contributed by atoms with van der Waals surface area (Å²) in [5.41, 5.74) is 3.05. The molecule has 0 aliphatic carbocycles. The summed E-state index contributed by atoms with van der Waals surface area (Å²) < 4.78 is 7.53. The van der Waals surface area contributed by atoms with Gasteiger partial charge in [0.2, 0.25) is 0 Å². The fourth-order valence-corrected chi connectivity index (χ4v) is 4.62. The molecule has 5 rings (SSSR count). The Labute approximate surface area is 194 Å². The first kappa shape index (κ1) is 21.9. The lowest BCUT2D eigenvalue weighted by Gasteiger charge is -2.35. The van der Waals surface area contributed by atoms with Gasteiger partial charge in [-0.2, -0.15) is 0 Å². The van der Waals surface area contributed by atoms with Crippen LogP contribution in [0, 0.1) is 0 Å². The topological polar surface area (TPSA) is 65.4 Å². The molecule has 8 nitrogen and oxygen atoms in total. The molecule has 2 aliphatic rings. The Balaban J connectivity index is 1.19. The zero-order chi connectivity index (χ0) is 22.5. The smallest absolute Gasteiger partial charge is 0.252 e. The van der Waals surface area contributed by atoms with Gasteiger partial charge in [-0.1, -0.05) is 6.07 Å². The number of rotatable bonds is 7. The van der Waals surface area contributed by atoms with Crippen LogP contribution >= 0.6 is 0 Å². The first-order valence-electron chi connectivity index (χ1n) is 11.8. The van der Waals surface area contributed by atoms with Crippen LogP contribution in [0.2, 0.25) is 0 Å². The highest BCUT2D eigenvalue weighted by atomic mass is 16.5. The first-order chi connectivity index (χ1) is 16.3. The van der Waals surface area contributed by atoms with Gasteiger partial charge in [-0.15, -0.1) is 0 Å². The Morgan fingerprint density at radius 3 is 2.58 bits per heavy atom. The lowest BCUT2D eigenvalue weighted by molar-refractivity contribution is 0.0383. The van der Waals surface area contributed by atoms with Crippen molar-refractivity contribution >= 4 is 17.2 Å². The molecule has 2 aliphatic heterocycles. The third kappa shape index (κ3) is 5.35. The maximum absolute atomic E-state index is 12.8. The average Bonchev–Trinajstić information content (AvgIpc) is 3.29. The molecule has 0 unspecified atom stereocenters. The molecular weight excluding hydrogens is 416 g/mol. The minimum atomic E-state index is -0.0221. The van der Waals surface area contributed by atoms with Crippen molar-refractivity contribution in [3.8, 4) is 0 Å². The molecule has 0 spiro atoms. The van der Waals surface area contributed by atoms with Crippen molar-refractivity contribution in [3.05, 3.63) is 66.1 Å². The number of nitrogens with one attached hydrogen (secondary N) is 1. The van der Waals surface area contributed by atoms with Gasteiger partial charge in [0.25, 0.3) is 5.91 Å². The molecule has 0 radical (unpaired) electrons. The predicted octanol–water partition coefficient (Wildman–Crippen LogP) is 1.72. The number of nitrogens with zero attached hydrogens (tertiary/aromatic N) is 5. The molecule has 0 aromatic carbocycles. The van der Waals surface area contributed by atoms with E-state index in [2.05, 4.69) is 47.6 Å². The zero-order valence-electron chi connectivity index (χ0n) is 19.0. The van der Waals surface area contributed by atoms with Gasteiger partial charge in [0, 0.05) is 83.0 Å². The van der Waals surface area contributed by atoms with Crippen molar-refractivity contribution in [2.24, 2.45) is 0 Å². The molecule has 1 N–H and O–H groups in total. The van der Waals surface area contributed by atoms with Crippen LogP contribution in [0.1, 0.15) is 15.9 Å². The summed E-state index contributed by atoms with van der Waals surface area (Å²) in [4.78, 5) is 24.2. The summed E-state index contributed by atoms with van der Waals surface area (Å²) in [6.45, 7) is 9.79. The molecule has 8 heteroatoms. The molecule has 174 valence electrons. The minimum absolute atomic E-state index is 0.0221. The largest absolute Gasteiger partial charge is 0.379 e. The van der Waals surface area contributed by atoms with E-state index in [1.165, 1.54) is 5.56 Å². The molecule has 1 amide bonds. The van der Waals surface area contributed by atoms with Crippen LogP contribution in [0.25, 0.3) is 5.52 Å². The van der Waals surface area contributed by atoms with Crippen LogP contribution in [-0.4, -0.2) is 90.7 Å².